The van der Waals surface area contributed by atoms with Crippen LogP contribution in [0.5, 0.6) is 0 Å². The second kappa shape index (κ2) is 8.98. The highest BCUT2D eigenvalue weighted by molar-refractivity contribution is 9.10. The molecular formula is C14H23BrO. The van der Waals surface area contributed by atoms with E-state index in [1.165, 1.54) is 44.9 Å². The van der Waals surface area contributed by atoms with Crippen molar-refractivity contribution < 1.29 is 4.79 Å². The van der Waals surface area contributed by atoms with Crippen molar-refractivity contribution in [1.29, 1.82) is 0 Å². The zero-order valence-corrected chi connectivity index (χ0v) is 11.7. The lowest BCUT2D eigenvalue weighted by Crippen LogP contribution is -2.10. The Morgan fingerprint density at radius 2 is 1.50 bits per heavy atom. The van der Waals surface area contributed by atoms with E-state index in [2.05, 4.69) is 22.0 Å². The van der Waals surface area contributed by atoms with Gasteiger partial charge in [0.15, 0.2) is 0 Å². The summed E-state index contributed by atoms with van der Waals surface area (Å²) in [5.41, 5.74) is 0. The van der Waals surface area contributed by atoms with Crippen LogP contribution in [-0.4, -0.2) is 10.6 Å². The van der Waals surface area contributed by atoms with Gasteiger partial charge in [0.25, 0.3) is 0 Å². The number of alkyl halides is 1. The molecule has 1 rings (SSSR count). The first-order chi connectivity index (χ1) is 7.80. The molecule has 0 saturated heterocycles. The molecule has 0 spiro atoms. The molecule has 16 heavy (non-hydrogen) atoms. The first kappa shape index (κ1) is 14.0. The van der Waals surface area contributed by atoms with Gasteiger partial charge in [-0.3, -0.25) is 4.79 Å². The fraction of sp³-hybridized carbons (Fsp3) is 0.786. The second-order valence-corrected chi connectivity index (χ2v) is 5.65. The van der Waals surface area contributed by atoms with Gasteiger partial charge in [-0.25, -0.2) is 0 Å². The first-order valence-corrected chi connectivity index (χ1v) is 7.56. The second-order valence-electron chi connectivity index (χ2n) is 4.66. The highest BCUT2D eigenvalue weighted by Gasteiger charge is 2.10. The maximum atomic E-state index is 11.7. The number of carbonyl (C=O) groups is 1. The van der Waals surface area contributed by atoms with Gasteiger partial charge in [-0.1, -0.05) is 66.6 Å². The number of ketones is 1. The van der Waals surface area contributed by atoms with Crippen LogP contribution in [0.1, 0.15) is 64.2 Å². The van der Waals surface area contributed by atoms with Crippen molar-refractivity contribution in [3.63, 3.8) is 0 Å². The number of carbonyl (C=O) groups excluding carboxylic acids is 1. The molecule has 1 aliphatic rings. The van der Waals surface area contributed by atoms with Crippen LogP contribution >= 0.6 is 15.9 Å². The van der Waals surface area contributed by atoms with E-state index in [4.69, 9.17) is 0 Å². The van der Waals surface area contributed by atoms with Crippen molar-refractivity contribution in [2.45, 2.75) is 69.0 Å². The lowest BCUT2D eigenvalue weighted by Gasteiger charge is -2.06. The highest BCUT2D eigenvalue weighted by Crippen LogP contribution is 2.15. The summed E-state index contributed by atoms with van der Waals surface area (Å²) in [7, 11) is 0. The zero-order valence-electron chi connectivity index (χ0n) is 10.1. The average molecular weight is 287 g/mol. The average Bonchev–Trinajstić information content (AvgIpc) is 2.29. The molecule has 0 N–H and O–H groups in total. The van der Waals surface area contributed by atoms with Crippen LogP contribution in [0.3, 0.4) is 0 Å². The highest BCUT2D eigenvalue weighted by atomic mass is 79.9. The molecule has 1 unspecified atom stereocenters. The third-order valence-corrected chi connectivity index (χ3v) is 3.97. The van der Waals surface area contributed by atoms with E-state index in [9.17, 15) is 4.79 Å². The molecule has 0 aromatic carbocycles. The minimum atomic E-state index is -0.0459. The number of allylic oxidation sites excluding steroid dienone is 2. The Morgan fingerprint density at radius 1 is 0.938 bits per heavy atom. The SMILES string of the molecule is O=C1CCCCCCCCCC/C=C/C1Br. The lowest BCUT2D eigenvalue weighted by atomic mass is 10.0. The Morgan fingerprint density at radius 3 is 2.19 bits per heavy atom. The number of halogens is 1. The van der Waals surface area contributed by atoms with E-state index in [1.54, 1.807) is 0 Å². The molecule has 0 bridgehead atoms. The van der Waals surface area contributed by atoms with Gasteiger partial charge in [0.2, 0.25) is 0 Å². The number of rotatable bonds is 0. The summed E-state index contributed by atoms with van der Waals surface area (Å²) in [4.78, 5) is 11.6. The Labute approximate surface area is 108 Å². The fourth-order valence-electron chi connectivity index (χ4n) is 2.08. The van der Waals surface area contributed by atoms with Crippen LogP contribution in [0.4, 0.5) is 0 Å². The quantitative estimate of drug-likeness (QED) is 0.462. The molecule has 2 heteroatoms. The normalized spacial score (nSPS) is 28.3. The molecule has 0 saturated carbocycles. The van der Waals surface area contributed by atoms with Crippen LogP contribution in [-0.2, 0) is 4.79 Å². The van der Waals surface area contributed by atoms with Crippen molar-refractivity contribution in [2.75, 3.05) is 0 Å². The predicted octanol–water partition coefficient (Wildman–Crippen LogP) is 4.79. The fourth-order valence-corrected chi connectivity index (χ4v) is 2.53. The molecule has 0 aromatic heterocycles. The maximum Gasteiger partial charge on any atom is 0.150 e. The van der Waals surface area contributed by atoms with Crippen LogP contribution in [0.25, 0.3) is 0 Å². The molecular weight excluding hydrogens is 264 g/mol. The first-order valence-electron chi connectivity index (χ1n) is 6.64. The van der Waals surface area contributed by atoms with Crippen LogP contribution in [0.15, 0.2) is 12.2 Å². The van der Waals surface area contributed by atoms with Crippen molar-refractivity contribution in [2.24, 2.45) is 0 Å². The third kappa shape index (κ3) is 6.47. The summed E-state index contributed by atoms with van der Waals surface area (Å²) in [5.74, 6) is 0.341. The number of Topliss-reactive ketones (excluding diaryl/α,β-unsaturated/α-hetero) is 1. The third-order valence-electron chi connectivity index (χ3n) is 3.16. The van der Waals surface area contributed by atoms with Crippen molar-refractivity contribution in [1.82, 2.24) is 0 Å². The minimum Gasteiger partial charge on any atom is -0.298 e. The predicted molar refractivity (Wildman–Crippen MR) is 73.0 cm³/mol. The topological polar surface area (TPSA) is 17.1 Å². The molecule has 0 fully saturated rings. The standard InChI is InChI=1S/C14H23BrO/c15-13-11-9-7-5-3-1-2-4-6-8-10-12-14(13)16/h9,11,13H,1-8,10,12H2/b11-9+. The van der Waals surface area contributed by atoms with Gasteiger partial charge >= 0.3 is 0 Å². The zero-order chi connectivity index (χ0) is 11.6. The van der Waals surface area contributed by atoms with Gasteiger partial charge in [-0.05, 0) is 19.3 Å². The molecule has 1 atom stereocenters. The number of hydrogen-bond acceptors (Lipinski definition) is 1. The monoisotopic (exact) mass is 286 g/mol. The summed E-state index contributed by atoms with van der Waals surface area (Å²) in [6.07, 6.45) is 16.3. The molecule has 0 aromatic rings. The molecule has 1 nitrogen and oxygen atoms in total. The Kier molecular flexibility index (Phi) is 7.83. The van der Waals surface area contributed by atoms with Gasteiger partial charge in [0.05, 0.1) is 4.83 Å². The molecule has 0 aliphatic heterocycles. The number of hydrogen-bond donors (Lipinski definition) is 0. The van der Waals surface area contributed by atoms with Crippen LogP contribution < -0.4 is 0 Å². The van der Waals surface area contributed by atoms with Gasteiger partial charge in [-0.2, -0.15) is 0 Å². The maximum absolute atomic E-state index is 11.7. The molecule has 0 amide bonds. The smallest absolute Gasteiger partial charge is 0.150 e. The van der Waals surface area contributed by atoms with E-state index in [-0.39, 0.29) is 4.83 Å². The Bertz CT molecular complexity index is 223. The Hall–Kier alpha value is -0.110. The van der Waals surface area contributed by atoms with Crippen molar-refractivity contribution >= 4 is 21.7 Å². The van der Waals surface area contributed by atoms with E-state index in [0.717, 1.165) is 19.3 Å². The van der Waals surface area contributed by atoms with Gasteiger partial charge in [-0.15, -0.1) is 0 Å². The summed E-state index contributed by atoms with van der Waals surface area (Å²) < 4.78 is 0. The molecule has 1 aliphatic carbocycles. The summed E-state index contributed by atoms with van der Waals surface area (Å²) in [5, 5.41) is 0. The van der Waals surface area contributed by atoms with Gasteiger partial charge in [0, 0.05) is 6.42 Å². The Balaban J connectivity index is 2.34. The van der Waals surface area contributed by atoms with Crippen LogP contribution in [0, 0.1) is 0 Å². The van der Waals surface area contributed by atoms with E-state index < -0.39 is 0 Å². The largest absolute Gasteiger partial charge is 0.298 e. The summed E-state index contributed by atoms with van der Waals surface area (Å²) in [6, 6.07) is 0. The van der Waals surface area contributed by atoms with Crippen molar-refractivity contribution in [3.05, 3.63) is 12.2 Å². The summed E-state index contributed by atoms with van der Waals surface area (Å²) in [6.45, 7) is 0. The minimum absolute atomic E-state index is 0.0459. The van der Waals surface area contributed by atoms with E-state index in [1.807, 2.05) is 6.08 Å². The molecule has 0 heterocycles. The van der Waals surface area contributed by atoms with Crippen molar-refractivity contribution in [3.8, 4) is 0 Å². The van der Waals surface area contributed by atoms with E-state index in [0.29, 0.717) is 5.78 Å². The van der Waals surface area contributed by atoms with E-state index >= 15 is 0 Å². The summed E-state index contributed by atoms with van der Waals surface area (Å²) >= 11 is 3.44. The molecule has 0 radical (unpaired) electrons. The van der Waals surface area contributed by atoms with Gasteiger partial charge in [0.1, 0.15) is 5.78 Å². The molecule has 92 valence electrons. The lowest BCUT2D eigenvalue weighted by molar-refractivity contribution is -0.117. The van der Waals surface area contributed by atoms with Gasteiger partial charge < -0.3 is 0 Å². The van der Waals surface area contributed by atoms with Crippen LogP contribution in [0.2, 0.25) is 0 Å².